The van der Waals surface area contributed by atoms with E-state index in [1.54, 1.807) is 7.05 Å². The third-order valence-electron chi connectivity index (χ3n) is 4.10. The van der Waals surface area contributed by atoms with Crippen molar-refractivity contribution in [2.45, 2.75) is 32.4 Å². The predicted octanol–water partition coefficient (Wildman–Crippen LogP) is 3.22. The van der Waals surface area contributed by atoms with Crippen molar-refractivity contribution in [2.75, 3.05) is 20.1 Å². The van der Waals surface area contributed by atoms with Gasteiger partial charge in [-0.25, -0.2) is 0 Å². The van der Waals surface area contributed by atoms with Crippen LogP contribution in [0.25, 0.3) is 0 Å². The summed E-state index contributed by atoms with van der Waals surface area (Å²) in [5.41, 5.74) is 0.890. The first kappa shape index (κ1) is 19.6. The Kier molecular flexibility index (Phi) is 7.54. The summed E-state index contributed by atoms with van der Waals surface area (Å²) in [6.07, 6.45) is 2.23. The van der Waals surface area contributed by atoms with E-state index >= 15 is 0 Å². The van der Waals surface area contributed by atoms with Crippen LogP contribution in [0.15, 0.2) is 45.9 Å². The van der Waals surface area contributed by atoms with Crippen LogP contribution in [0, 0.1) is 6.92 Å². The summed E-state index contributed by atoms with van der Waals surface area (Å²) in [4.78, 5) is 6.63. The minimum absolute atomic E-state index is 0. The normalized spacial score (nSPS) is 15.6. The van der Waals surface area contributed by atoms with Gasteiger partial charge in [-0.05, 0) is 19.1 Å². The van der Waals surface area contributed by atoms with E-state index in [-0.39, 0.29) is 30.1 Å². The van der Waals surface area contributed by atoms with Gasteiger partial charge in [-0.2, -0.15) is 0 Å². The zero-order valence-corrected chi connectivity index (χ0v) is 17.0. The summed E-state index contributed by atoms with van der Waals surface area (Å²) in [6.45, 7) is 4.35. The first-order chi connectivity index (χ1) is 11.7. The van der Waals surface area contributed by atoms with Gasteiger partial charge in [0.25, 0.3) is 0 Å². The van der Waals surface area contributed by atoms with Gasteiger partial charge >= 0.3 is 0 Å². The lowest BCUT2D eigenvalue weighted by atomic mass is 10.1. The molecular formula is C18H25IN4O2. The lowest BCUT2D eigenvalue weighted by Crippen LogP contribution is -2.47. The molecule has 3 rings (SSSR count). The summed E-state index contributed by atoms with van der Waals surface area (Å²) in [5.74, 6) is 2.65. The van der Waals surface area contributed by atoms with E-state index in [4.69, 9.17) is 9.26 Å². The second-order valence-electron chi connectivity index (χ2n) is 5.95. The molecule has 0 radical (unpaired) electrons. The van der Waals surface area contributed by atoms with Crippen LogP contribution in [0.1, 0.15) is 24.3 Å². The number of likely N-dealkylation sites (tertiary alicyclic amines) is 1. The average Bonchev–Trinajstić information content (AvgIpc) is 3.03. The molecule has 0 spiro atoms. The highest BCUT2D eigenvalue weighted by Crippen LogP contribution is 2.18. The van der Waals surface area contributed by atoms with Gasteiger partial charge in [-0.1, -0.05) is 23.4 Å². The number of ether oxygens (including phenoxy) is 1. The number of hydrogen-bond acceptors (Lipinski definition) is 4. The molecule has 6 nitrogen and oxygen atoms in total. The zero-order valence-electron chi connectivity index (χ0n) is 14.6. The van der Waals surface area contributed by atoms with E-state index in [1.165, 1.54) is 0 Å². The molecule has 1 aromatic carbocycles. The number of aryl methyl sites for hydroxylation is 1. The first-order valence-corrected chi connectivity index (χ1v) is 8.34. The Hall–Kier alpha value is -1.77. The van der Waals surface area contributed by atoms with Crippen molar-refractivity contribution >= 4 is 29.9 Å². The number of piperidine rings is 1. The highest BCUT2D eigenvalue weighted by Gasteiger charge is 2.22. The van der Waals surface area contributed by atoms with Gasteiger partial charge in [0.15, 0.2) is 11.7 Å². The third-order valence-corrected chi connectivity index (χ3v) is 4.10. The Morgan fingerprint density at radius 2 is 2.04 bits per heavy atom. The van der Waals surface area contributed by atoms with E-state index in [1.807, 2.05) is 43.3 Å². The monoisotopic (exact) mass is 456 g/mol. The number of rotatable bonds is 4. The van der Waals surface area contributed by atoms with Crippen molar-refractivity contribution in [2.24, 2.45) is 4.99 Å². The van der Waals surface area contributed by atoms with Crippen LogP contribution in [-0.2, 0) is 6.54 Å². The lowest BCUT2D eigenvalue weighted by Gasteiger charge is -2.34. The van der Waals surface area contributed by atoms with Gasteiger partial charge in [-0.3, -0.25) is 4.99 Å². The molecule has 0 amide bonds. The molecule has 1 aromatic heterocycles. The second kappa shape index (κ2) is 9.65. The molecule has 0 unspecified atom stereocenters. The highest BCUT2D eigenvalue weighted by atomic mass is 127. The molecule has 1 aliphatic rings. The maximum absolute atomic E-state index is 6.04. The molecule has 0 saturated carbocycles. The number of nitrogens with one attached hydrogen (secondary N) is 1. The van der Waals surface area contributed by atoms with Crippen molar-refractivity contribution in [1.29, 1.82) is 0 Å². The number of benzene rings is 1. The summed E-state index contributed by atoms with van der Waals surface area (Å²) < 4.78 is 11.3. The Morgan fingerprint density at radius 1 is 1.32 bits per heavy atom. The Balaban J connectivity index is 0.00000225. The number of guanidine groups is 1. The van der Waals surface area contributed by atoms with Gasteiger partial charge in [0.2, 0.25) is 0 Å². The largest absolute Gasteiger partial charge is 0.490 e. The van der Waals surface area contributed by atoms with Gasteiger partial charge in [0, 0.05) is 39.0 Å². The van der Waals surface area contributed by atoms with Crippen molar-refractivity contribution < 1.29 is 9.26 Å². The van der Waals surface area contributed by atoms with E-state index < -0.39 is 0 Å². The molecule has 136 valence electrons. The average molecular weight is 456 g/mol. The van der Waals surface area contributed by atoms with Crippen LogP contribution in [0.4, 0.5) is 0 Å². The molecular weight excluding hydrogens is 431 g/mol. The first-order valence-electron chi connectivity index (χ1n) is 8.34. The van der Waals surface area contributed by atoms with Crippen molar-refractivity contribution in [1.82, 2.24) is 15.4 Å². The summed E-state index contributed by atoms with van der Waals surface area (Å²) in [5, 5.41) is 7.23. The minimum atomic E-state index is 0. The molecule has 1 fully saturated rings. The van der Waals surface area contributed by atoms with Crippen LogP contribution in [0.2, 0.25) is 0 Å². The fourth-order valence-electron chi connectivity index (χ4n) is 2.88. The number of halogens is 1. The molecule has 0 aliphatic carbocycles. The number of aliphatic imine (C=N–C) groups is 1. The Morgan fingerprint density at radius 3 is 2.64 bits per heavy atom. The van der Waals surface area contributed by atoms with Crippen LogP contribution in [-0.4, -0.2) is 42.3 Å². The van der Waals surface area contributed by atoms with E-state index in [9.17, 15) is 0 Å². The third kappa shape index (κ3) is 5.62. The highest BCUT2D eigenvalue weighted by molar-refractivity contribution is 14.0. The van der Waals surface area contributed by atoms with Crippen molar-refractivity contribution in [3.8, 4) is 5.75 Å². The van der Waals surface area contributed by atoms with Crippen LogP contribution in [0.5, 0.6) is 5.75 Å². The molecule has 2 aromatic rings. The summed E-state index contributed by atoms with van der Waals surface area (Å²) >= 11 is 0. The number of hydrogen-bond donors (Lipinski definition) is 1. The molecule has 1 aliphatic heterocycles. The Bertz CT molecular complexity index is 667. The zero-order chi connectivity index (χ0) is 16.8. The molecule has 0 bridgehead atoms. The SMILES string of the molecule is CN=C(NCc1cc(C)no1)N1CCC(Oc2ccccc2)CC1.I. The summed E-state index contributed by atoms with van der Waals surface area (Å²) in [6, 6.07) is 11.9. The van der Waals surface area contributed by atoms with Crippen LogP contribution in [0.3, 0.4) is 0 Å². The molecule has 1 saturated heterocycles. The van der Waals surface area contributed by atoms with E-state index in [0.29, 0.717) is 6.54 Å². The maximum atomic E-state index is 6.04. The second-order valence-corrected chi connectivity index (χ2v) is 5.95. The van der Waals surface area contributed by atoms with Crippen molar-refractivity contribution in [3.63, 3.8) is 0 Å². The standard InChI is InChI=1S/C18H24N4O2.HI/c1-14-12-17(24-21-14)13-20-18(19-2)22-10-8-16(9-11-22)23-15-6-4-3-5-7-15;/h3-7,12,16H,8-11,13H2,1-2H3,(H,19,20);1H. The Labute approximate surface area is 165 Å². The molecule has 7 heteroatoms. The molecule has 1 N–H and O–H groups in total. The molecule has 2 heterocycles. The molecule has 0 atom stereocenters. The number of aromatic nitrogens is 1. The molecule has 25 heavy (non-hydrogen) atoms. The smallest absolute Gasteiger partial charge is 0.194 e. The van der Waals surface area contributed by atoms with Crippen LogP contribution < -0.4 is 10.1 Å². The number of para-hydroxylation sites is 1. The van der Waals surface area contributed by atoms with Gasteiger partial charge < -0.3 is 19.5 Å². The fraction of sp³-hybridized carbons (Fsp3) is 0.444. The van der Waals surface area contributed by atoms with Gasteiger partial charge in [0.1, 0.15) is 11.9 Å². The maximum Gasteiger partial charge on any atom is 0.194 e. The van der Waals surface area contributed by atoms with E-state index in [0.717, 1.165) is 49.1 Å². The minimum Gasteiger partial charge on any atom is -0.490 e. The lowest BCUT2D eigenvalue weighted by molar-refractivity contribution is 0.129. The topological polar surface area (TPSA) is 62.9 Å². The fourth-order valence-corrected chi connectivity index (χ4v) is 2.88. The van der Waals surface area contributed by atoms with Gasteiger partial charge in [0.05, 0.1) is 12.2 Å². The number of nitrogens with zero attached hydrogens (tertiary/aromatic N) is 3. The predicted molar refractivity (Wildman–Crippen MR) is 109 cm³/mol. The van der Waals surface area contributed by atoms with Gasteiger partial charge in [-0.15, -0.1) is 24.0 Å². The summed E-state index contributed by atoms with van der Waals surface area (Å²) in [7, 11) is 1.81. The quantitative estimate of drug-likeness (QED) is 0.435. The van der Waals surface area contributed by atoms with Crippen LogP contribution >= 0.6 is 24.0 Å². The van der Waals surface area contributed by atoms with E-state index in [2.05, 4.69) is 20.4 Å². The van der Waals surface area contributed by atoms with Crippen molar-refractivity contribution in [3.05, 3.63) is 47.9 Å².